The zero-order valence-corrected chi connectivity index (χ0v) is 12.5. The second kappa shape index (κ2) is 7.66. The Hall–Kier alpha value is -2.05. The van der Waals surface area contributed by atoms with Crippen LogP contribution in [-0.4, -0.2) is 24.8 Å². The third-order valence-corrected chi connectivity index (χ3v) is 3.84. The lowest BCUT2D eigenvalue weighted by atomic mass is 10.1. The molecule has 1 unspecified atom stereocenters. The van der Waals surface area contributed by atoms with Gasteiger partial charge in [-0.1, -0.05) is 18.2 Å². The van der Waals surface area contributed by atoms with Crippen molar-refractivity contribution < 1.29 is 14.6 Å². The Balaban J connectivity index is 1.74. The molecule has 0 aliphatic carbocycles. The summed E-state index contributed by atoms with van der Waals surface area (Å²) in [5.41, 5.74) is 0.731. The number of thiophene rings is 1. The van der Waals surface area contributed by atoms with Crippen LogP contribution in [0, 0.1) is 0 Å². The summed E-state index contributed by atoms with van der Waals surface area (Å²) in [6.07, 6.45) is -0.747. The first-order valence-electron chi connectivity index (χ1n) is 6.55. The van der Waals surface area contributed by atoms with E-state index in [1.54, 1.807) is 42.7 Å². The molecule has 0 bridgehead atoms. The van der Waals surface area contributed by atoms with Crippen LogP contribution >= 0.6 is 11.3 Å². The van der Waals surface area contributed by atoms with Crippen LogP contribution in [0.15, 0.2) is 41.8 Å². The number of amides is 2. The molecule has 2 aromatic rings. The number of methoxy groups -OCH3 is 1. The maximum Gasteiger partial charge on any atom is 0.315 e. The van der Waals surface area contributed by atoms with Crippen LogP contribution in [0.4, 0.5) is 4.79 Å². The summed E-state index contributed by atoms with van der Waals surface area (Å²) in [6.45, 7) is 0.644. The van der Waals surface area contributed by atoms with Crippen molar-refractivity contribution in [1.82, 2.24) is 10.6 Å². The van der Waals surface area contributed by atoms with Crippen LogP contribution in [0.5, 0.6) is 5.75 Å². The SMILES string of the molecule is COc1ccc(C(O)CNC(=O)NCc2cccs2)cc1. The average molecular weight is 306 g/mol. The van der Waals surface area contributed by atoms with Gasteiger partial charge >= 0.3 is 6.03 Å². The molecule has 0 saturated heterocycles. The first-order chi connectivity index (χ1) is 10.2. The van der Waals surface area contributed by atoms with Gasteiger partial charge in [0.15, 0.2) is 0 Å². The molecular formula is C15H18N2O3S. The maximum absolute atomic E-state index is 11.6. The largest absolute Gasteiger partial charge is 0.497 e. The molecule has 2 rings (SSSR count). The van der Waals surface area contributed by atoms with Crippen molar-refractivity contribution in [3.8, 4) is 5.75 Å². The molecule has 1 aromatic heterocycles. The smallest absolute Gasteiger partial charge is 0.315 e. The second-order valence-corrected chi connectivity index (χ2v) is 5.46. The van der Waals surface area contributed by atoms with E-state index in [1.165, 1.54) is 0 Å². The number of urea groups is 1. The van der Waals surface area contributed by atoms with Gasteiger partial charge in [-0.15, -0.1) is 11.3 Å². The van der Waals surface area contributed by atoms with E-state index in [9.17, 15) is 9.90 Å². The number of benzene rings is 1. The van der Waals surface area contributed by atoms with Gasteiger partial charge < -0.3 is 20.5 Å². The molecule has 5 nitrogen and oxygen atoms in total. The first-order valence-corrected chi connectivity index (χ1v) is 7.43. The van der Waals surface area contributed by atoms with Crippen molar-refractivity contribution in [2.24, 2.45) is 0 Å². The van der Waals surface area contributed by atoms with E-state index in [2.05, 4.69) is 10.6 Å². The van der Waals surface area contributed by atoms with E-state index in [1.807, 2.05) is 17.5 Å². The molecule has 0 saturated carbocycles. The molecule has 0 radical (unpaired) electrons. The highest BCUT2D eigenvalue weighted by molar-refractivity contribution is 7.09. The average Bonchev–Trinajstić information content (AvgIpc) is 3.04. The first kappa shape index (κ1) is 15.3. The quantitative estimate of drug-likeness (QED) is 0.767. The van der Waals surface area contributed by atoms with Gasteiger partial charge in [0.25, 0.3) is 0 Å². The predicted octanol–water partition coefficient (Wildman–Crippen LogP) is 2.29. The van der Waals surface area contributed by atoms with Crippen LogP contribution in [0.3, 0.4) is 0 Å². The van der Waals surface area contributed by atoms with Crippen molar-refractivity contribution in [3.05, 3.63) is 52.2 Å². The van der Waals surface area contributed by atoms with Gasteiger partial charge in [-0.05, 0) is 29.1 Å². The highest BCUT2D eigenvalue weighted by Gasteiger charge is 2.09. The van der Waals surface area contributed by atoms with Crippen molar-refractivity contribution in [2.45, 2.75) is 12.6 Å². The van der Waals surface area contributed by atoms with Crippen molar-refractivity contribution in [2.75, 3.05) is 13.7 Å². The Kier molecular flexibility index (Phi) is 5.59. The topological polar surface area (TPSA) is 70.6 Å². The number of carbonyl (C=O) groups is 1. The van der Waals surface area contributed by atoms with Crippen molar-refractivity contribution in [3.63, 3.8) is 0 Å². The predicted molar refractivity (Wildman–Crippen MR) is 82.5 cm³/mol. The van der Waals surface area contributed by atoms with Gasteiger partial charge in [-0.2, -0.15) is 0 Å². The number of aliphatic hydroxyl groups is 1. The van der Waals surface area contributed by atoms with E-state index < -0.39 is 6.10 Å². The van der Waals surface area contributed by atoms with Crippen molar-refractivity contribution >= 4 is 17.4 Å². The molecule has 1 atom stereocenters. The summed E-state index contributed by atoms with van der Waals surface area (Å²) in [5.74, 6) is 0.729. The summed E-state index contributed by atoms with van der Waals surface area (Å²) < 4.78 is 5.05. The third kappa shape index (κ3) is 4.77. The number of ether oxygens (including phenoxy) is 1. The molecule has 112 valence electrons. The van der Waals surface area contributed by atoms with E-state index >= 15 is 0 Å². The Morgan fingerprint density at radius 3 is 2.67 bits per heavy atom. The Bertz CT molecular complexity index is 555. The molecule has 21 heavy (non-hydrogen) atoms. The molecule has 1 heterocycles. The number of hydrogen-bond acceptors (Lipinski definition) is 4. The highest BCUT2D eigenvalue weighted by atomic mass is 32.1. The fourth-order valence-electron chi connectivity index (χ4n) is 1.78. The molecule has 2 amide bonds. The number of hydrogen-bond donors (Lipinski definition) is 3. The summed E-state index contributed by atoms with van der Waals surface area (Å²) >= 11 is 1.59. The molecule has 3 N–H and O–H groups in total. The van der Waals surface area contributed by atoms with Gasteiger partial charge in [0.05, 0.1) is 19.8 Å². The van der Waals surface area contributed by atoms with Gasteiger partial charge in [0.2, 0.25) is 0 Å². The monoisotopic (exact) mass is 306 g/mol. The Morgan fingerprint density at radius 1 is 1.29 bits per heavy atom. The number of carbonyl (C=O) groups excluding carboxylic acids is 1. The Morgan fingerprint density at radius 2 is 2.05 bits per heavy atom. The van der Waals surface area contributed by atoms with Gasteiger partial charge in [0.1, 0.15) is 5.75 Å². The minimum atomic E-state index is -0.747. The molecular weight excluding hydrogens is 288 g/mol. The second-order valence-electron chi connectivity index (χ2n) is 4.43. The lowest BCUT2D eigenvalue weighted by Gasteiger charge is -2.13. The number of rotatable bonds is 6. The molecule has 0 aliphatic heterocycles. The lowest BCUT2D eigenvalue weighted by Crippen LogP contribution is -2.37. The zero-order chi connectivity index (χ0) is 15.1. The van der Waals surface area contributed by atoms with E-state index in [-0.39, 0.29) is 12.6 Å². The van der Waals surface area contributed by atoms with Gasteiger partial charge in [0, 0.05) is 11.4 Å². The third-order valence-electron chi connectivity index (χ3n) is 2.96. The standard InChI is InChI=1S/C15H18N2O3S/c1-20-12-6-4-11(5-7-12)14(18)10-17-15(19)16-9-13-3-2-8-21-13/h2-8,14,18H,9-10H2,1H3,(H2,16,17,19). The van der Waals surface area contributed by atoms with Crippen LogP contribution in [-0.2, 0) is 6.54 Å². The minimum absolute atomic E-state index is 0.155. The summed E-state index contributed by atoms with van der Waals surface area (Å²) in [5, 5.41) is 17.3. The summed E-state index contributed by atoms with van der Waals surface area (Å²) in [6, 6.07) is 10.7. The fraction of sp³-hybridized carbons (Fsp3) is 0.267. The van der Waals surface area contributed by atoms with Crippen molar-refractivity contribution in [1.29, 1.82) is 0 Å². The fourth-order valence-corrected chi connectivity index (χ4v) is 2.42. The normalized spacial score (nSPS) is 11.7. The molecule has 1 aromatic carbocycles. The van der Waals surface area contributed by atoms with E-state index in [4.69, 9.17) is 4.74 Å². The van der Waals surface area contributed by atoms with Crippen LogP contribution in [0.1, 0.15) is 16.5 Å². The Labute approximate surface area is 127 Å². The summed E-state index contributed by atoms with van der Waals surface area (Å²) in [4.78, 5) is 12.7. The maximum atomic E-state index is 11.6. The molecule has 0 spiro atoms. The van der Waals surface area contributed by atoms with Crippen LogP contribution < -0.4 is 15.4 Å². The minimum Gasteiger partial charge on any atom is -0.497 e. The lowest BCUT2D eigenvalue weighted by molar-refractivity contribution is 0.173. The van der Waals surface area contributed by atoms with Gasteiger partial charge in [-0.3, -0.25) is 0 Å². The molecule has 0 aliphatic rings. The van der Waals surface area contributed by atoms with Gasteiger partial charge in [-0.25, -0.2) is 4.79 Å². The van der Waals surface area contributed by atoms with E-state index in [0.29, 0.717) is 6.54 Å². The molecule has 0 fully saturated rings. The zero-order valence-electron chi connectivity index (χ0n) is 11.7. The number of aliphatic hydroxyl groups excluding tert-OH is 1. The summed E-state index contributed by atoms with van der Waals surface area (Å²) in [7, 11) is 1.59. The van der Waals surface area contributed by atoms with Crippen LogP contribution in [0.25, 0.3) is 0 Å². The highest BCUT2D eigenvalue weighted by Crippen LogP contribution is 2.16. The van der Waals surface area contributed by atoms with E-state index in [0.717, 1.165) is 16.2 Å². The molecule has 6 heteroatoms. The number of nitrogens with one attached hydrogen (secondary N) is 2. The van der Waals surface area contributed by atoms with Crippen LogP contribution in [0.2, 0.25) is 0 Å².